The molecule has 1 aromatic heterocycles. The van der Waals surface area contributed by atoms with Gasteiger partial charge in [-0.3, -0.25) is 14.4 Å². The number of esters is 1. The van der Waals surface area contributed by atoms with Gasteiger partial charge in [-0.15, -0.1) is 10.2 Å². The minimum Gasteiger partial charge on any atom is -0.481 e. The van der Waals surface area contributed by atoms with Crippen LogP contribution in [-0.2, 0) is 19.1 Å². The first kappa shape index (κ1) is 39.2. The molecule has 0 saturated heterocycles. The highest BCUT2D eigenvalue weighted by molar-refractivity contribution is 6.30. The van der Waals surface area contributed by atoms with Gasteiger partial charge in [-0.05, 0) is 141 Å². The second kappa shape index (κ2) is 13.0. The Hall–Kier alpha value is -3.04. The van der Waals surface area contributed by atoms with Crippen LogP contribution in [0, 0.1) is 56.2 Å². The molecule has 0 radical (unpaired) electrons. The molecule has 1 aromatic carbocycles. The van der Waals surface area contributed by atoms with Gasteiger partial charge >= 0.3 is 11.9 Å². The third-order valence-electron chi connectivity index (χ3n) is 16.2. The lowest BCUT2D eigenvalue weighted by molar-refractivity contribution is -0.235. The van der Waals surface area contributed by atoms with Gasteiger partial charge in [0.05, 0.1) is 11.8 Å². The topological polar surface area (TPSA) is 140 Å². The molecule has 9 atom stereocenters. The highest BCUT2D eigenvalue weighted by atomic mass is 35.5. The highest BCUT2D eigenvalue weighted by Crippen LogP contribution is 2.77. The number of aliphatic hydroxyl groups excluding tert-OH is 1. The number of fused-ring (bicyclic) bond motifs is 7. The number of aliphatic carboxylic acids is 1. The van der Waals surface area contributed by atoms with Crippen molar-refractivity contribution in [2.24, 2.45) is 56.2 Å². The summed E-state index contributed by atoms with van der Waals surface area (Å²) >= 11 is 6.12. The van der Waals surface area contributed by atoms with E-state index in [9.17, 15) is 24.6 Å². The molecule has 0 amide bonds. The summed E-state index contributed by atoms with van der Waals surface area (Å²) in [5, 5.41) is 31.3. The number of carbonyl (C=O) groups excluding carboxylic acids is 2. The quantitative estimate of drug-likeness (QED) is 0.252. The molecule has 1 heterocycles. The zero-order valence-electron chi connectivity index (χ0n) is 33.6. The smallest absolute Gasteiger partial charge is 0.309 e. The Morgan fingerprint density at radius 3 is 2.28 bits per heavy atom. The van der Waals surface area contributed by atoms with Gasteiger partial charge in [0.2, 0.25) is 11.8 Å². The molecule has 10 heteroatoms. The van der Waals surface area contributed by atoms with Crippen LogP contribution >= 0.6 is 11.6 Å². The Kier molecular flexibility index (Phi) is 9.44. The Bertz CT molecular complexity index is 1880. The number of rotatable bonds is 8. The lowest BCUT2D eigenvalue weighted by Crippen LogP contribution is -2.66. The first-order chi connectivity index (χ1) is 25.1. The number of allylic oxidation sites excluding steroid dienone is 1. The van der Waals surface area contributed by atoms with Crippen LogP contribution in [0.25, 0.3) is 11.5 Å². The van der Waals surface area contributed by atoms with Crippen molar-refractivity contribution in [3.63, 3.8) is 0 Å². The number of nitrogens with zero attached hydrogens (tertiary/aromatic N) is 2. The number of carboxylic acids is 1. The van der Waals surface area contributed by atoms with E-state index in [1.54, 1.807) is 26.0 Å². The van der Waals surface area contributed by atoms with Crippen LogP contribution in [-0.4, -0.2) is 44.2 Å². The number of hydrogen-bond donors (Lipinski definition) is 2. The maximum absolute atomic E-state index is 14.1. The highest BCUT2D eigenvalue weighted by Gasteiger charge is 2.71. The van der Waals surface area contributed by atoms with Crippen LogP contribution < -0.4 is 0 Å². The summed E-state index contributed by atoms with van der Waals surface area (Å²) in [6, 6.07) is 7.16. The summed E-state index contributed by atoms with van der Waals surface area (Å²) in [6.07, 6.45) is 5.95. The van der Waals surface area contributed by atoms with Crippen molar-refractivity contribution in [2.75, 3.05) is 0 Å². The number of Topliss-reactive ketones (excluding diaryl/α,β-unsaturated/α-hetero) is 1. The summed E-state index contributed by atoms with van der Waals surface area (Å²) in [4.78, 5) is 39.0. The summed E-state index contributed by atoms with van der Waals surface area (Å²) in [5.74, 6) is 0.0702. The standard InChI is InChI=1S/C44H59ClN2O7/c1-24(2)33-28(48)22-44(35(50)37-47-46-36(54-37)25-10-12-26(45)13-11-25)21-20-42(8)27(34(33)44)14-15-30-41(7)18-17-31(53-32(49)23-39(3,4)38(51)52)40(5,6)29(41)16-19-43(30,42)9/h10-13,24,27,29-31,35,50H,14-23H2,1-9H3,(H,51,52)/t27-,29+,30-,31+,35?,41+,42-,43-,44-/m1/s1. The minimum atomic E-state index is -1.18. The number of hydrogen-bond acceptors (Lipinski definition) is 8. The molecule has 5 aliphatic carbocycles. The Morgan fingerprint density at radius 2 is 1.63 bits per heavy atom. The Labute approximate surface area is 325 Å². The fourth-order valence-corrected chi connectivity index (χ4v) is 13.2. The Balaban J connectivity index is 1.19. The molecule has 4 saturated carbocycles. The fraction of sp³-hybridized carbons (Fsp3) is 0.705. The maximum atomic E-state index is 14.1. The molecule has 0 aliphatic heterocycles. The molecule has 5 aliphatic rings. The predicted octanol–water partition coefficient (Wildman–Crippen LogP) is 9.82. The number of carbonyl (C=O) groups is 3. The number of halogens is 1. The normalized spacial score (nSPS) is 36.6. The Morgan fingerprint density at radius 1 is 0.944 bits per heavy atom. The second-order valence-electron chi connectivity index (χ2n) is 19.9. The lowest BCUT2D eigenvalue weighted by Gasteiger charge is -2.72. The van der Waals surface area contributed by atoms with E-state index < -0.39 is 28.9 Å². The van der Waals surface area contributed by atoms with Gasteiger partial charge in [-0.25, -0.2) is 0 Å². The molecule has 9 nitrogen and oxygen atoms in total. The lowest BCUT2D eigenvalue weighted by atomic mass is 9.33. The molecular weight excluding hydrogens is 704 g/mol. The fourth-order valence-electron chi connectivity index (χ4n) is 13.1. The van der Waals surface area contributed by atoms with E-state index in [0.717, 1.165) is 56.1 Å². The van der Waals surface area contributed by atoms with E-state index in [1.165, 1.54) is 0 Å². The third kappa shape index (κ3) is 5.67. The van der Waals surface area contributed by atoms with Gasteiger partial charge in [0.1, 0.15) is 12.2 Å². The van der Waals surface area contributed by atoms with Crippen LogP contribution in [0.4, 0.5) is 0 Å². The largest absolute Gasteiger partial charge is 0.481 e. The van der Waals surface area contributed by atoms with Crippen molar-refractivity contribution in [3.05, 3.63) is 46.3 Å². The molecule has 1 unspecified atom stereocenters. The molecule has 2 N–H and O–H groups in total. The van der Waals surface area contributed by atoms with Gasteiger partial charge < -0.3 is 19.4 Å². The average molecular weight is 763 g/mol. The monoisotopic (exact) mass is 762 g/mol. The zero-order chi connectivity index (χ0) is 39.4. The molecule has 4 fully saturated rings. The van der Waals surface area contributed by atoms with Crippen molar-refractivity contribution in [2.45, 2.75) is 139 Å². The van der Waals surface area contributed by atoms with Gasteiger partial charge in [0.15, 0.2) is 5.78 Å². The van der Waals surface area contributed by atoms with Crippen LogP contribution in [0.15, 0.2) is 39.8 Å². The van der Waals surface area contributed by atoms with Crippen LogP contribution in [0.5, 0.6) is 0 Å². The number of carboxylic acid groups (broad SMARTS) is 1. The molecule has 7 rings (SSSR count). The van der Waals surface area contributed by atoms with Crippen LogP contribution in [0.1, 0.15) is 139 Å². The number of aliphatic hydroxyl groups is 1. The first-order valence-electron chi connectivity index (χ1n) is 20.1. The average Bonchev–Trinajstić information content (AvgIpc) is 3.69. The number of aromatic nitrogens is 2. The van der Waals surface area contributed by atoms with Gasteiger partial charge in [0, 0.05) is 27.8 Å². The second-order valence-corrected chi connectivity index (χ2v) is 20.3. The first-order valence-corrected chi connectivity index (χ1v) is 20.5. The van der Waals surface area contributed by atoms with Crippen LogP contribution in [0.3, 0.4) is 0 Å². The van der Waals surface area contributed by atoms with Gasteiger partial charge in [-0.2, -0.15) is 0 Å². The van der Waals surface area contributed by atoms with Crippen molar-refractivity contribution >= 4 is 29.3 Å². The number of ketones is 1. The predicted molar refractivity (Wildman–Crippen MR) is 205 cm³/mol. The molecule has 0 spiro atoms. The SMILES string of the molecule is CC(C)C1=C2[C@H]3CC[C@@H]4[C@@]5(C)CC[C@H](OC(=O)CC(C)(C)C(=O)O)C(C)(C)[C@@H]5CC[C@@]4(C)[C@]3(C)CC[C@@]2(C(O)c2nnc(-c3ccc(Cl)cc3)o2)CC1=O. The van der Waals surface area contributed by atoms with E-state index >= 15 is 0 Å². The van der Waals surface area contributed by atoms with Crippen molar-refractivity contribution in [3.8, 4) is 11.5 Å². The molecule has 294 valence electrons. The minimum absolute atomic E-state index is 0.0175. The molecule has 0 bridgehead atoms. The van der Waals surface area contributed by atoms with E-state index in [-0.39, 0.29) is 64.1 Å². The number of benzene rings is 1. The maximum Gasteiger partial charge on any atom is 0.309 e. The number of ether oxygens (including phenoxy) is 1. The molecule has 54 heavy (non-hydrogen) atoms. The van der Waals surface area contributed by atoms with E-state index in [1.807, 2.05) is 12.1 Å². The summed E-state index contributed by atoms with van der Waals surface area (Å²) < 4.78 is 12.3. The van der Waals surface area contributed by atoms with E-state index in [2.05, 4.69) is 58.7 Å². The van der Waals surface area contributed by atoms with Crippen molar-refractivity contribution in [1.29, 1.82) is 0 Å². The molecule has 2 aromatic rings. The van der Waals surface area contributed by atoms with E-state index in [0.29, 0.717) is 34.7 Å². The van der Waals surface area contributed by atoms with E-state index in [4.69, 9.17) is 20.8 Å². The van der Waals surface area contributed by atoms with Gasteiger partial charge in [0.25, 0.3) is 0 Å². The summed E-state index contributed by atoms with van der Waals surface area (Å²) in [6.45, 7) is 19.3. The molecular formula is C44H59ClN2O7. The zero-order valence-corrected chi connectivity index (χ0v) is 34.3. The van der Waals surface area contributed by atoms with Crippen LogP contribution in [0.2, 0.25) is 5.02 Å². The van der Waals surface area contributed by atoms with Gasteiger partial charge in [-0.1, -0.05) is 60.1 Å². The van der Waals surface area contributed by atoms with Crippen molar-refractivity contribution in [1.82, 2.24) is 10.2 Å². The third-order valence-corrected chi connectivity index (χ3v) is 16.4. The summed E-state index contributed by atoms with van der Waals surface area (Å²) in [7, 11) is 0. The summed E-state index contributed by atoms with van der Waals surface area (Å²) in [5.41, 5.74) is 0.385. The van der Waals surface area contributed by atoms with Crippen molar-refractivity contribution < 1.29 is 33.8 Å².